The Morgan fingerprint density at radius 3 is 2.38 bits per heavy atom. The normalized spacial score (nSPS) is 30.4. The van der Waals surface area contributed by atoms with E-state index in [1.165, 1.54) is 0 Å². The van der Waals surface area contributed by atoms with Gasteiger partial charge in [0.25, 0.3) is 0 Å². The second-order valence-electron chi connectivity index (χ2n) is 11.4. The van der Waals surface area contributed by atoms with Gasteiger partial charge in [0.1, 0.15) is 5.75 Å². The smallest absolute Gasteiger partial charge is 0.244 e. The van der Waals surface area contributed by atoms with Crippen LogP contribution < -0.4 is 15.4 Å². The predicted octanol–water partition coefficient (Wildman–Crippen LogP) is 2.94. The fraction of sp³-hybridized carbons (Fsp3) is 0.731. The number of carbonyl (C=O) groups is 1. The van der Waals surface area contributed by atoms with Crippen molar-refractivity contribution in [1.82, 2.24) is 4.90 Å². The molecule has 1 aromatic carbocycles. The van der Waals surface area contributed by atoms with Crippen molar-refractivity contribution in [3.63, 3.8) is 0 Å². The highest BCUT2D eigenvalue weighted by Crippen LogP contribution is 2.56. The average molecular weight is 492 g/mol. The van der Waals surface area contributed by atoms with E-state index in [9.17, 15) is 13.2 Å². The number of nitrogens with zero attached hydrogens (tertiary/aromatic N) is 2. The van der Waals surface area contributed by atoms with E-state index in [4.69, 9.17) is 10.5 Å². The predicted molar refractivity (Wildman–Crippen MR) is 136 cm³/mol. The van der Waals surface area contributed by atoms with Gasteiger partial charge in [0, 0.05) is 31.9 Å². The third kappa shape index (κ3) is 4.21. The number of carbonyl (C=O) groups excluding carboxylic acids is 1. The molecule has 1 aliphatic carbocycles. The Bertz CT molecular complexity index is 1010. The number of benzene rings is 1. The maximum atomic E-state index is 14.0. The number of hydrogen-bond acceptors (Lipinski definition) is 6. The highest BCUT2D eigenvalue weighted by molar-refractivity contribution is 7.94. The summed E-state index contributed by atoms with van der Waals surface area (Å²) in [6.07, 6.45) is 1.44. The van der Waals surface area contributed by atoms with Crippen molar-refractivity contribution in [2.75, 3.05) is 43.4 Å². The fourth-order valence-electron chi connectivity index (χ4n) is 6.57. The summed E-state index contributed by atoms with van der Waals surface area (Å²) in [6.45, 7) is 13.2. The summed E-state index contributed by atoms with van der Waals surface area (Å²) in [6, 6.07) is 8.30. The van der Waals surface area contributed by atoms with Crippen molar-refractivity contribution in [3.8, 4) is 5.75 Å². The summed E-state index contributed by atoms with van der Waals surface area (Å²) in [7, 11) is -3.62. The van der Waals surface area contributed by atoms with Crippen molar-refractivity contribution in [2.45, 2.75) is 58.2 Å². The van der Waals surface area contributed by atoms with Crippen LogP contribution in [-0.4, -0.2) is 68.6 Å². The number of ether oxygens (including phenoxy) is 1. The molecular formula is C26H41N3O4S. The molecule has 1 saturated carbocycles. The lowest BCUT2D eigenvalue weighted by Gasteiger charge is -2.48. The Labute approximate surface area is 204 Å². The maximum absolute atomic E-state index is 14.0. The topological polar surface area (TPSA) is 92.9 Å². The van der Waals surface area contributed by atoms with E-state index < -0.39 is 14.6 Å². The van der Waals surface area contributed by atoms with Crippen molar-refractivity contribution in [1.29, 1.82) is 0 Å². The molecule has 0 radical (unpaired) electrons. The van der Waals surface area contributed by atoms with Gasteiger partial charge in [0.05, 0.1) is 18.4 Å². The van der Waals surface area contributed by atoms with E-state index in [1.807, 2.05) is 37.8 Å². The molecule has 3 aliphatic heterocycles. The Hall–Kier alpha value is -1.80. The second kappa shape index (κ2) is 9.01. The first kappa shape index (κ1) is 25.3. The van der Waals surface area contributed by atoms with E-state index in [-0.39, 0.29) is 47.4 Å². The molecule has 8 heteroatoms. The molecule has 3 saturated heterocycles. The van der Waals surface area contributed by atoms with Crippen LogP contribution in [0.4, 0.5) is 5.69 Å². The van der Waals surface area contributed by atoms with Crippen molar-refractivity contribution in [2.24, 2.45) is 28.9 Å². The lowest BCUT2D eigenvalue weighted by Crippen LogP contribution is -2.55. The molecule has 7 nitrogen and oxygen atoms in total. The molecule has 4 fully saturated rings. The lowest BCUT2D eigenvalue weighted by molar-refractivity contribution is -0.132. The monoisotopic (exact) mass is 491 g/mol. The number of sulfone groups is 1. The molecule has 3 heterocycles. The third-order valence-corrected chi connectivity index (χ3v) is 10.8. The van der Waals surface area contributed by atoms with Crippen molar-refractivity contribution < 1.29 is 17.9 Å². The number of hydrogen-bond donors (Lipinski definition) is 1. The van der Waals surface area contributed by atoms with Crippen molar-refractivity contribution in [3.05, 3.63) is 24.3 Å². The number of fused-ring (bicyclic) bond motifs is 4. The van der Waals surface area contributed by atoms with Crippen LogP contribution in [0.15, 0.2) is 24.3 Å². The molecule has 0 aromatic heterocycles. The Kier molecular flexibility index (Phi) is 6.70. The van der Waals surface area contributed by atoms with E-state index >= 15 is 0 Å². The van der Waals surface area contributed by atoms with Gasteiger partial charge in [0.15, 0.2) is 14.6 Å². The van der Waals surface area contributed by atoms with Gasteiger partial charge in [-0.1, -0.05) is 27.7 Å². The number of piperidine rings is 1. The zero-order valence-corrected chi connectivity index (χ0v) is 22.1. The molecule has 34 heavy (non-hydrogen) atoms. The highest BCUT2D eigenvalue weighted by atomic mass is 32.2. The van der Waals surface area contributed by atoms with Crippen molar-refractivity contribution >= 4 is 21.4 Å². The summed E-state index contributed by atoms with van der Waals surface area (Å²) in [5, 5.41) is 0. The summed E-state index contributed by atoms with van der Waals surface area (Å²) in [4.78, 5) is 18.3. The highest BCUT2D eigenvalue weighted by Gasteiger charge is 2.70. The fourth-order valence-corrected chi connectivity index (χ4v) is 8.81. The van der Waals surface area contributed by atoms with Crippen LogP contribution in [0.1, 0.15) is 47.5 Å². The third-order valence-electron chi connectivity index (χ3n) is 8.26. The largest absolute Gasteiger partial charge is 0.494 e. The summed E-state index contributed by atoms with van der Waals surface area (Å²) >= 11 is 0. The standard InChI is InChI=1S/C26H41N3O4S/c1-6-33-21-9-7-20(8-10-21)29-16-19-13-25(4,5)23(29)17-28(15-19)24(30)26(14-22(26)18(2)3)34(31,32)12-11-27/h7-10,18-19,22-23H,6,11-17,27H2,1-5H3/t19-,22?,23?,26?/m1/s1. The average Bonchev–Trinajstić information content (AvgIpc) is 3.56. The van der Waals surface area contributed by atoms with Gasteiger partial charge in [-0.15, -0.1) is 0 Å². The molecule has 2 N–H and O–H groups in total. The Balaban J connectivity index is 1.64. The first-order valence-corrected chi connectivity index (χ1v) is 14.3. The molecular weight excluding hydrogens is 450 g/mol. The van der Waals surface area contributed by atoms with Gasteiger partial charge in [0.2, 0.25) is 5.91 Å². The van der Waals surface area contributed by atoms with Crippen LogP contribution in [-0.2, 0) is 14.6 Å². The van der Waals surface area contributed by atoms with Gasteiger partial charge in [-0.2, -0.15) is 0 Å². The summed E-state index contributed by atoms with van der Waals surface area (Å²) < 4.78 is 31.0. The molecule has 1 amide bonds. The first-order chi connectivity index (χ1) is 16.0. The lowest BCUT2D eigenvalue weighted by atomic mass is 9.73. The quantitative estimate of drug-likeness (QED) is 0.601. The number of nitrogens with two attached hydrogens (primary N) is 1. The van der Waals surface area contributed by atoms with Gasteiger partial charge in [-0.25, -0.2) is 8.42 Å². The van der Waals surface area contributed by atoms with E-state index in [1.54, 1.807) is 0 Å². The molecule has 1 aromatic rings. The molecule has 4 atom stereocenters. The summed E-state index contributed by atoms with van der Waals surface area (Å²) in [5.74, 6) is 0.815. The van der Waals surface area contributed by atoms with E-state index in [0.29, 0.717) is 26.1 Å². The minimum absolute atomic E-state index is 0.000827. The van der Waals surface area contributed by atoms with Crippen LogP contribution in [0.2, 0.25) is 0 Å². The summed E-state index contributed by atoms with van der Waals surface area (Å²) in [5.41, 5.74) is 6.77. The second-order valence-corrected chi connectivity index (χ2v) is 13.8. The van der Waals surface area contributed by atoms with Gasteiger partial charge >= 0.3 is 0 Å². The SMILES string of the molecule is CCOc1ccc(N2C[C@H]3CN(C(=O)C4(S(=O)(=O)CCN)CC4C(C)C)CC2C(C)(C)C3)cc1. The van der Waals surface area contributed by atoms with Crippen LogP contribution >= 0.6 is 0 Å². The van der Waals surface area contributed by atoms with Crippen LogP contribution in [0.25, 0.3) is 0 Å². The molecule has 4 aliphatic rings. The van der Waals surface area contributed by atoms with Gasteiger partial charge in [-0.05, 0) is 67.2 Å². The Morgan fingerprint density at radius 2 is 1.82 bits per heavy atom. The minimum atomic E-state index is -3.62. The van der Waals surface area contributed by atoms with Crippen LogP contribution in [0.3, 0.4) is 0 Å². The first-order valence-electron chi connectivity index (χ1n) is 12.7. The van der Waals surface area contributed by atoms with Gasteiger partial charge < -0.3 is 20.3 Å². The molecule has 3 unspecified atom stereocenters. The van der Waals surface area contributed by atoms with Gasteiger partial charge in [-0.3, -0.25) is 4.79 Å². The minimum Gasteiger partial charge on any atom is -0.494 e. The van der Waals surface area contributed by atoms with E-state index in [0.717, 1.165) is 24.4 Å². The number of anilines is 1. The van der Waals surface area contributed by atoms with Crippen LogP contribution in [0.5, 0.6) is 5.75 Å². The van der Waals surface area contributed by atoms with E-state index in [2.05, 4.69) is 30.9 Å². The zero-order chi connectivity index (χ0) is 24.9. The molecule has 2 bridgehead atoms. The van der Waals surface area contributed by atoms with Crippen LogP contribution in [0, 0.1) is 23.2 Å². The number of amides is 1. The zero-order valence-electron chi connectivity index (χ0n) is 21.3. The molecule has 0 spiro atoms. The molecule has 5 rings (SSSR count). The number of rotatable bonds is 8. The maximum Gasteiger partial charge on any atom is 0.244 e. The molecule has 190 valence electrons. The Morgan fingerprint density at radius 1 is 1.15 bits per heavy atom.